The maximum absolute atomic E-state index is 6.00. The predicted molar refractivity (Wildman–Crippen MR) is 39.4 cm³/mol. The average molecular weight is 300 g/mol. The summed E-state index contributed by atoms with van der Waals surface area (Å²) in [4.78, 5) is 0. The summed E-state index contributed by atoms with van der Waals surface area (Å²) < 4.78 is 0. The van der Waals surface area contributed by atoms with Crippen molar-refractivity contribution in [3.05, 3.63) is 0 Å². The molecule has 0 amide bonds. The van der Waals surface area contributed by atoms with Crippen LogP contribution in [-0.4, -0.2) is 155 Å². The molecule has 0 aliphatic carbocycles. The van der Waals surface area contributed by atoms with E-state index in [-0.39, 0.29) is 163 Å². The Morgan fingerprint density at radius 1 is 0.857 bits per heavy atom. The molecule has 2 nitrogen and oxygen atoms in total. The van der Waals surface area contributed by atoms with Crippen molar-refractivity contribution in [2.24, 2.45) is 0 Å². The molecule has 7 heavy (non-hydrogen) atoms. The van der Waals surface area contributed by atoms with Crippen molar-refractivity contribution in [2.45, 2.75) is 0 Å². The second kappa shape index (κ2) is 42.6. The summed E-state index contributed by atoms with van der Waals surface area (Å²) in [6, 6.07) is 0. The summed E-state index contributed by atoms with van der Waals surface area (Å²) >= 11 is 0. The van der Waals surface area contributed by atoms with Gasteiger partial charge in [0.05, 0.1) is 0 Å². The molecule has 0 saturated heterocycles. The predicted octanol–water partition coefficient (Wildman–Crippen LogP) is -3.65. The van der Waals surface area contributed by atoms with Crippen molar-refractivity contribution in [2.75, 3.05) is 0 Å². The monoisotopic (exact) mass is 298 g/mol. The van der Waals surface area contributed by atoms with Gasteiger partial charge >= 0.3 is 144 Å². The zero-order chi connectivity index (χ0) is 2.00. The Hall–Kier alpha value is 5.31. The standard InChI is InChI=1S/2Ca.Mg.H2O2.Sr.Zn.8H/c;;;1-2;;;;;;;;;;/h;;;1-2H;;;;;;;;;;. The number of hydrogen-bond donors (Lipinski definition) is 2. The van der Waals surface area contributed by atoms with E-state index in [2.05, 4.69) is 0 Å². The summed E-state index contributed by atoms with van der Waals surface area (Å²) in [7, 11) is 0. The second-order valence-corrected chi connectivity index (χ2v) is 0. The minimum absolute atomic E-state index is 0. The summed E-state index contributed by atoms with van der Waals surface area (Å²) in [5, 5.41) is 12.0. The quantitative estimate of drug-likeness (QED) is 0.275. The zero-order valence-corrected chi connectivity index (χ0v) is 4.57. The molecule has 0 aliphatic rings. The van der Waals surface area contributed by atoms with E-state index < -0.39 is 0 Å². The van der Waals surface area contributed by atoms with Gasteiger partial charge < -0.3 is 0 Å². The van der Waals surface area contributed by atoms with Gasteiger partial charge in [0.1, 0.15) is 0 Å². The molecule has 0 fully saturated rings. The van der Waals surface area contributed by atoms with Gasteiger partial charge in [-0.05, 0) is 0 Å². The number of rotatable bonds is 0. The largest absolute Gasteiger partial charge is 0 e. The van der Waals surface area contributed by atoms with Crippen molar-refractivity contribution in [3.63, 3.8) is 0 Å². The molecule has 0 atom stereocenters. The molecule has 0 aromatic heterocycles. The third-order valence-electron chi connectivity index (χ3n) is 0. The van der Waals surface area contributed by atoms with Gasteiger partial charge in [0.2, 0.25) is 0 Å². The molecule has 0 aromatic rings. The van der Waals surface area contributed by atoms with E-state index in [1.807, 2.05) is 0 Å². The topological polar surface area (TPSA) is 40.5 Å². The van der Waals surface area contributed by atoms with Gasteiger partial charge in [-0.2, -0.15) is 0 Å². The normalized spacial score (nSPS) is 0.857. The molecule has 32 valence electrons. The van der Waals surface area contributed by atoms with Crippen LogP contribution in [0.3, 0.4) is 0 Å². The summed E-state index contributed by atoms with van der Waals surface area (Å²) in [6.45, 7) is 0. The molecule has 0 saturated carbocycles. The Balaban J connectivity index is -0.000000000500. The van der Waals surface area contributed by atoms with Crippen molar-refractivity contribution in [1.82, 2.24) is 0 Å². The van der Waals surface area contributed by atoms with Gasteiger partial charge in [-0.3, -0.25) is 10.5 Å². The van der Waals surface area contributed by atoms with Crippen molar-refractivity contribution < 1.29 is 30.0 Å². The van der Waals surface area contributed by atoms with E-state index in [9.17, 15) is 0 Å². The van der Waals surface area contributed by atoms with Crippen LogP contribution in [0.4, 0.5) is 0 Å². The first-order chi connectivity index (χ1) is 1.00. The molecule has 0 aromatic carbocycles. The van der Waals surface area contributed by atoms with Gasteiger partial charge in [-0.15, -0.1) is 0 Å². The SMILES string of the molecule is OO.[CaH2].[CaH2].[MgH2].[SrH2].[Zn]. The molecule has 0 unspecified atom stereocenters. The third kappa shape index (κ3) is 34.8. The van der Waals surface area contributed by atoms with Crippen LogP contribution < -0.4 is 0 Å². The summed E-state index contributed by atoms with van der Waals surface area (Å²) in [5.74, 6) is 0. The number of hydrogen-bond acceptors (Lipinski definition) is 2. The minimum atomic E-state index is 0. The van der Waals surface area contributed by atoms with Crippen molar-refractivity contribution in [3.8, 4) is 0 Å². The van der Waals surface area contributed by atoms with Crippen LogP contribution in [0.2, 0.25) is 0 Å². The summed E-state index contributed by atoms with van der Waals surface area (Å²) in [6.07, 6.45) is 0. The first kappa shape index (κ1) is 39.5. The van der Waals surface area contributed by atoms with E-state index in [0.29, 0.717) is 0 Å². The van der Waals surface area contributed by atoms with E-state index in [4.69, 9.17) is 10.5 Å². The molecule has 7 heteroatoms. The van der Waals surface area contributed by atoms with Crippen LogP contribution in [0.5, 0.6) is 0 Å². The Labute approximate surface area is 169 Å². The molecule has 0 rings (SSSR count). The second-order valence-electron chi connectivity index (χ2n) is 0. The van der Waals surface area contributed by atoms with E-state index in [1.165, 1.54) is 0 Å². The van der Waals surface area contributed by atoms with Crippen LogP contribution >= 0.6 is 0 Å². The molecular formula is H10Ca2MgO2SrZn. The van der Waals surface area contributed by atoms with E-state index >= 15 is 0 Å². The molecular weight excluding hydrogens is 289 g/mol. The van der Waals surface area contributed by atoms with E-state index in [1.54, 1.807) is 0 Å². The van der Waals surface area contributed by atoms with Crippen LogP contribution in [-0.2, 0) is 19.5 Å². The van der Waals surface area contributed by atoms with Gasteiger partial charge in [-0.1, -0.05) is 0 Å². The zero-order valence-electron chi connectivity index (χ0n) is 1.60. The minimum Gasteiger partial charge on any atom is 0 e. The Morgan fingerprint density at radius 2 is 0.857 bits per heavy atom. The maximum atomic E-state index is 6.00. The Kier molecular flexibility index (Phi) is 241. The first-order valence-electron chi connectivity index (χ1n) is 0.200. The van der Waals surface area contributed by atoms with Gasteiger partial charge in [-0.25, -0.2) is 0 Å². The van der Waals surface area contributed by atoms with Crippen molar-refractivity contribution in [1.29, 1.82) is 0 Å². The molecule has 0 bridgehead atoms. The maximum Gasteiger partial charge on any atom is 0 e. The fourth-order valence-corrected chi connectivity index (χ4v) is 0. The molecule has 0 heterocycles. The fraction of sp³-hybridized carbons (Fsp3) is 0. The molecule has 0 aliphatic heterocycles. The van der Waals surface area contributed by atoms with Crippen LogP contribution in [0, 0.1) is 0 Å². The van der Waals surface area contributed by atoms with Crippen molar-refractivity contribution >= 4 is 144 Å². The first-order valence-corrected chi connectivity index (χ1v) is 0.200. The average Bonchev–Trinajstić information content (AvgIpc) is 1.00. The molecule has 2 N–H and O–H groups in total. The molecule has 0 radical (unpaired) electrons. The van der Waals surface area contributed by atoms with Gasteiger partial charge in [0.15, 0.2) is 0 Å². The van der Waals surface area contributed by atoms with Crippen LogP contribution in [0.25, 0.3) is 0 Å². The van der Waals surface area contributed by atoms with Gasteiger partial charge in [0.25, 0.3) is 0 Å². The third-order valence-corrected chi connectivity index (χ3v) is 0. The Bertz CT molecular complexity index is 15.7. The van der Waals surface area contributed by atoms with E-state index in [0.717, 1.165) is 0 Å². The van der Waals surface area contributed by atoms with Gasteiger partial charge in [0, 0.05) is 19.5 Å². The summed E-state index contributed by atoms with van der Waals surface area (Å²) in [5.41, 5.74) is 0. The molecule has 0 spiro atoms. The van der Waals surface area contributed by atoms with Crippen LogP contribution in [0.1, 0.15) is 0 Å². The fourth-order valence-electron chi connectivity index (χ4n) is 0. The van der Waals surface area contributed by atoms with Crippen LogP contribution in [0.15, 0.2) is 0 Å². The Morgan fingerprint density at radius 3 is 0.857 bits per heavy atom. The smallest absolute Gasteiger partial charge is 0 e.